The Kier molecular flexibility index (Phi) is 9.35. The Bertz CT molecular complexity index is 749. The maximum Gasteiger partial charge on any atom is 0.269 e. The van der Waals surface area contributed by atoms with Crippen LogP contribution in [0.4, 0.5) is 11.4 Å². The molecular formula is C21H34N6O4. The second-order valence-electron chi connectivity index (χ2n) is 8.05. The number of unbranched alkanes of at least 4 members (excludes halogenated alkanes) is 1. The number of rotatable bonds is 11. The van der Waals surface area contributed by atoms with Crippen LogP contribution in [0.15, 0.2) is 24.3 Å². The highest BCUT2D eigenvalue weighted by atomic mass is 16.6. The molecule has 10 heteroatoms. The quantitative estimate of drug-likeness (QED) is 0.234. The van der Waals surface area contributed by atoms with Gasteiger partial charge in [0.2, 0.25) is 11.8 Å². The van der Waals surface area contributed by atoms with E-state index in [1.165, 1.54) is 24.3 Å². The van der Waals surface area contributed by atoms with Gasteiger partial charge in [0.1, 0.15) is 6.04 Å². The first kappa shape index (κ1) is 24.7. The van der Waals surface area contributed by atoms with Crippen molar-refractivity contribution >= 4 is 23.2 Å². The maximum atomic E-state index is 13.3. The lowest BCUT2D eigenvalue weighted by molar-refractivity contribution is -0.384. The average molecular weight is 435 g/mol. The van der Waals surface area contributed by atoms with Crippen LogP contribution in [0.25, 0.3) is 0 Å². The molecule has 2 atom stereocenters. The monoisotopic (exact) mass is 434 g/mol. The number of hydrogen-bond donors (Lipinski definition) is 4. The minimum absolute atomic E-state index is 0.0591. The number of nitro benzene ring substituents is 1. The van der Waals surface area contributed by atoms with Gasteiger partial charge in [-0.05, 0) is 70.7 Å². The first-order valence-electron chi connectivity index (χ1n) is 10.8. The molecule has 1 heterocycles. The molecule has 2 amide bonds. The van der Waals surface area contributed by atoms with Gasteiger partial charge in [-0.2, -0.15) is 0 Å². The minimum Gasteiger partial charge on any atom is -0.330 e. The van der Waals surface area contributed by atoms with Gasteiger partial charge in [-0.1, -0.05) is 0 Å². The smallest absolute Gasteiger partial charge is 0.269 e. The zero-order valence-corrected chi connectivity index (χ0v) is 18.1. The molecule has 1 fully saturated rings. The van der Waals surface area contributed by atoms with Crippen LogP contribution in [0, 0.1) is 10.1 Å². The number of carbonyl (C=O) groups is 2. The van der Waals surface area contributed by atoms with Crippen LogP contribution in [0.3, 0.4) is 0 Å². The molecule has 0 bridgehead atoms. The van der Waals surface area contributed by atoms with Gasteiger partial charge in [-0.3, -0.25) is 25.0 Å². The van der Waals surface area contributed by atoms with E-state index in [4.69, 9.17) is 11.5 Å². The van der Waals surface area contributed by atoms with Gasteiger partial charge >= 0.3 is 0 Å². The van der Waals surface area contributed by atoms with Crippen molar-refractivity contribution in [3.63, 3.8) is 0 Å². The normalized spacial score (nSPS) is 19.5. The summed E-state index contributed by atoms with van der Waals surface area (Å²) in [4.78, 5) is 38.5. The van der Waals surface area contributed by atoms with Crippen LogP contribution in [-0.2, 0) is 9.59 Å². The molecule has 6 N–H and O–H groups in total. The second kappa shape index (κ2) is 11.7. The van der Waals surface area contributed by atoms with Gasteiger partial charge in [0.25, 0.3) is 5.69 Å². The summed E-state index contributed by atoms with van der Waals surface area (Å²) < 4.78 is 0. The molecule has 0 radical (unpaired) electrons. The highest BCUT2D eigenvalue weighted by Gasteiger charge is 2.42. The van der Waals surface area contributed by atoms with Crippen molar-refractivity contribution in [2.45, 2.75) is 63.6 Å². The summed E-state index contributed by atoms with van der Waals surface area (Å²) in [6.45, 7) is 3.42. The van der Waals surface area contributed by atoms with E-state index >= 15 is 0 Å². The summed E-state index contributed by atoms with van der Waals surface area (Å²) in [5.74, 6) is -0.499. The Morgan fingerprint density at radius 1 is 1.23 bits per heavy atom. The zero-order valence-electron chi connectivity index (χ0n) is 18.1. The molecule has 2 rings (SSSR count). The van der Waals surface area contributed by atoms with Gasteiger partial charge in [0.15, 0.2) is 0 Å². The van der Waals surface area contributed by atoms with Crippen molar-refractivity contribution in [1.29, 1.82) is 0 Å². The number of piperidine rings is 1. The van der Waals surface area contributed by atoms with Crippen molar-refractivity contribution in [3.05, 3.63) is 34.4 Å². The van der Waals surface area contributed by atoms with Gasteiger partial charge in [-0.15, -0.1) is 0 Å². The number of carbonyl (C=O) groups excluding carboxylic acids is 2. The van der Waals surface area contributed by atoms with E-state index < -0.39 is 16.6 Å². The Morgan fingerprint density at radius 3 is 2.48 bits per heavy atom. The number of nitrogens with zero attached hydrogens (tertiary/aromatic N) is 2. The van der Waals surface area contributed by atoms with Crippen molar-refractivity contribution in [2.75, 3.05) is 25.0 Å². The molecule has 1 aliphatic heterocycles. The molecule has 0 aromatic heterocycles. The van der Waals surface area contributed by atoms with Gasteiger partial charge in [0.05, 0.1) is 10.6 Å². The summed E-state index contributed by atoms with van der Waals surface area (Å²) in [5, 5.41) is 17.1. The molecule has 1 aromatic rings. The Balaban J connectivity index is 2.31. The third-order valence-electron chi connectivity index (χ3n) is 5.65. The van der Waals surface area contributed by atoms with Crippen LogP contribution < -0.4 is 22.1 Å². The third kappa shape index (κ3) is 6.71. The fraction of sp³-hybridized carbons (Fsp3) is 0.619. The minimum atomic E-state index is -0.712. The van der Waals surface area contributed by atoms with Crippen LogP contribution >= 0.6 is 0 Å². The fourth-order valence-electron chi connectivity index (χ4n) is 4.03. The van der Waals surface area contributed by atoms with E-state index in [2.05, 4.69) is 10.6 Å². The van der Waals surface area contributed by atoms with Crippen LogP contribution in [-0.4, -0.2) is 53.0 Å². The van der Waals surface area contributed by atoms with Crippen molar-refractivity contribution < 1.29 is 14.5 Å². The Morgan fingerprint density at radius 2 is 1.94 bits per heavy atom. The van der Waals surface area contributed by atoms with Gasteiger partial charge in [-0.25, -0.2) is 0 Å². The number of nitrogens with two attached hydrogens (primary N) is 2. The molecule has 0 spiro atoms. The topological polar surface area (TPSA) is 157 Å². The van der Waals surface area contributed by atoms with E-state index in [-0.39, 0.29) is 30.5 Å². The summed E-state index contributed by atoms with van der Waals surface area (Å²) in [6.07, 6.45) is 4.75. The van der Waals surface area contributed by atoms with E-state index in [1.807, 2.05) is 6.92 Å². The third-order valence-corrected chi connectivity index (χ3v) is 5.65. The average Bonchev–Trinajstić information content (AvgIpc) is 2.74. The summed E-state index contributed by atoms with van der Waals surface area (Å²) in [5.41, 5.74) is 11.0. The van der Waals surface area contributed by atoms with Gasteiger partial charge in [0, 0.05) is 30.8 Å². The zero-order chi connectivity index (χ0) is 22.9. The SMILES string of the molecule is CC1(N(C(=O)CCN)[C@@H](CCCCN)C(=O)Nc2ccc([N+](=O)[O-])cc2)CCCCN1. The predicted octanol–water partition coefficient (Wildman–Crippen LogP) is 1.70. The first-order valence-corrected chi connectivity index (χ1v) is 10.8. The maximum absolute atomic E-state index is 13.3. The second-order valence-corrected chi connectivity index (χ2v) is 8.05. The number of nitrogens with one attached hydrogen (secondary N) is 2. The molecule has 172 valence electrons. The number of hydrogen-bond acceptors (Lipinski definition) is 7. The lowest BCUT2D eigenvalue weighted by Gasteiger charge is -2.48. The van der Waals surface area contributed by atoms with E-state index in [0.29, 0.717) is 25.1 Å². The lowest BCUT2D eigenvalue weighted by Crippen LogP contribution is -2.66. The highest BCUT2D eigenvalue weighted by molar-refractivity contribution is 5.97. The van der Waals surface area contributed by atoms with E-state index in [1.54, 1.807) is 4.90 Å². The Hall–Kier alpha value is -2.56. The largest absolute Gasteiger partial charge is 0.330 e. The number of non-ortho nitro benzene ring substituents is 1. The van der Waals surface area contributed by atoms with Crippen LogP contribution in [0.5, 0.6) is 0 Å². The van der Waals surface area contributed by atoms with Gasteiger partial charge < -0.3 is 21.7 Å². The molecule has 1 saturated heterocycles. The summed E-state index contributed by atoms with van der Waals surface area (Å²) in [6, 6.07) is 4.93. The molecule has 1 aliphatic rings. The molecule has 0 saturated carbocycles. The molecule has 0 aliphatic carbocycles. The van der Waals surface area contributed by atoms with E-state index in [9.17, 15) is 19.7 Å². The van der Waals surface area contributed by atoms with Crippen molar-refractivity contribution in [1.82, 2.24) is 10.2 Å². The first-order chi connectivity index (χ1) is 14.8. The molecule has 10 nitrogen and oxygen atoms in total. The Labute approximate surface area is 182 Å². The number of nitro groups is 1. The highest BCUT2D eigenvalue weighted by Crippen LogP contribution is 2.29. The number of anilines is 1. The molecular weight excluding hydrogens is 400 g/mol. The standard InChI is InChI=1S/C21H34N6O4/c1-21(12-3-5-15-24-21)26(19(28)11-14-23)18(6-2-4-13-22)20(29)25-16-7-9-17(10-8-16)27(30)31/h7-10,18,24H,2-6,11-15,22-23H2,1H3,(H,25,29)/t18-,21?/m0/s1. The molecule has 1 unspecified atom stereocenters. The van der Waals surface area contributed by atoms with Crippen LogP contribution in [0.1, 0.15) is 51.9 Å². The lowest BCUT2D eigenvalue weighted by atomic mass is 9.93. The summed E-state index contributed by atoms with van der Waals surface area (Å²) >= 11 is 0. The van der Waals surface area contributed by atoms with Crippen molar-refractivity contribution in [2.24, 2.45) is 11.5 Å². The van der Waals surface area contributed by atoms with Crippen molar-refractivity contribution in [3.8, 4) is 0 Å². The number of amides is 2. The molecule has 31 heavy (non-hydrogen) atoms. The van der Waals surface area contributed by atoms with Crippen LogP contribution in [0.2, 0.25) is 0 Å². The number of benzene rings is 1. The fourth-order valence-corrected chi connectivity index (χ4v) is 4.03. The predicted molar refractivity (Wildman–Crippen MR) is 119 cm³/mol. The van der Waals surface area contributed by atoms with E-state index in [0.717, 1.165) is 32.2 Å². The summed E-state index contributed by atoms with van der Waals surface area (Å²) in [7, 11) is 0. The molecule has 1 aromatic carbocycles.